The fourth-order valence-corrected chi connectivity index (χ4v) is 2.44. The van der Waals surface area contributed by atoms with E-state index in [1.807, 2.05) is 24.8 Å². The topological polar surface area (TPSA) is 79.2 Å². The Kier molecular flexibility index (Phi) is 5.11. The van der Waals surface area contributed by atoms with Crippen LogP contribution < -0.4 is 4.89 Å². The Morgan fingerprint density at radius 3 is 2.72 bits per heavy atom. The fraction of sp³-hybridized carbons (Fsp3) is 0.364. The molecule has 18 heavy (non-hydrogen) atoms. The van der Waals surface area contributed by atoms with Crippen molar-refractivity contribution in [2.24, 2.45) is 5.92 Å². The van der Waals surface area contributed by atoms with Crippen LogP contribution in [0.5, 0.6) is 0 Å². The molecule has 0 unspecified atom stereocenters. The summed E-state index contributed by atoms with van der Waals surface area (Å²) in [5.74, 6) is 0.189. The van der Waals surface area contributed by atoms with Crippen LogP contribution in [0.15, 0.2) is 23.1 Å². The Morgan fingerprint density at radius 2 is 2.17 bits per heavy atom. The first-order chi connectivity index (χ1) is 8.36. The minimum absolute atomic E-state index is 0.0367. The summed E-state index contributed by atoms with van der Waals surface area (Å²) >= 11 is 5.80. The van der Waals surface area contributed by atoms with Crippen molar-refractivity contribution in [3.05, 3.63) is 28.8 Å². The molecular weight excluding hydrogens is 276 g/mol. The molecule has 98 valence electrons. The molecule has 0 aromatic heterocycles. The molecule has 0 saturated carbocycles. The van der Waals surface area contributed by atoms with Gasteiger partial charge in [-0.05, 0) is 24.1 Å². The molecular formula is C11H13ClN2O3S. The summed E-state index contributed by atoms with van der Waals surface area (Å²) < 4.78 is 23.7. The maximum absolute atomic E-state index is 11.9. The van der Waals surface area contributed by atoms with Crippen LogP contribution in [0.25, 0.3) is 0 Å². The standard InChI is InChI=1S/C11H13ClN2O3S/c1-8(2)7-17-14-18(15,16)11-5-9(6-13)3-4-10(11)12/h3-5,8,14H,7H2,1-2H3. The second kappa shape index (κ2) is 6.16. The van der Waals surface area contributed by atoms with Crippen molar-refractivity contribution >= 4 is 21.6 Å². The van der Waals surface area contributed by atoms with E-state index in [1.165, 1.54) is 18.2 Å². The summed E-state index contributed by atoms with van der Waals surface area (Å²) in [4.78, 5) is 6.67. The lowest BCUT2D eigenvalue weighted by Gasteiger charge is -2.10. The van der Waals surface area contributed by atoms with E-state index in [9.17, 15) is 8.42 Å². The molecule has 0 aliphatic carbocycles. The summed E-state index contributed by atoms with van der Waals surface area (Å²) in [5, 5.41) is 8.76. The molecule has 0 bridgehead atoms. The first-order valence-electron chi connectivity index (χ1n) is 5.20. The molecule has 1 aromatic carbocycles. The van der Waals surface area contributed by atoms with Gasteiger partial charge in [0.2, 0.25) is 0 Å². The number of nitrogens with one attached hydrogen (secondary N) is 1. The summed E-state index contributed by atoms with van der Waals surface area (Å²) in [6, 6.07) is 5.85. The molecule has 0 spiro atoms. The van der Waals surface area contributed by atoms with Crippen molar-refractivity contribution < 1.29 is 13.3 Å². The van der Waals surface area contributed by atoms with Crippen molar-refractivity contribution in [2.45, 2.75) is 18.7 Å². The molecule has 1 rings (SSSR count). The molecule has 7 heteroatoms. The highest BCUT2D eigenvalue weighted by Gasteiger charge is 2.19. The van der Waals surface area contributed by atoms with Crippen molar-refractivity contribution in [3.63, 3.8) is 0 Å². The Labute approximate surface area is 111 Å². The van der Waals surface area contributed by atoms with E-state index in [2.05, 4.69) is 0 Å². The van der Waals surface area contributed by atoms with Gasteiger partial charge in [-0.3, -0.25) is 4.84 Å². The third kappa shape index (κ3) is 3.96. The molecule has 0 saturated heterocycles. The highest BCUT2D eigenvalue weighted by Crippen LogP contribution is 2.22. The van der Waals surface area contributed by atoms with E-state index >= 15 is 0 Å². The number of hydrogen-bond acceptors (Lipinski definition) is 4. The van der Waals surface area contributed by atoms with Crippen molar-refractivity contribution in [1.29, 1.82) is 5.26 Å². The zero-order valence-corrected chi connectivity index (χ0v) is 11.5. The quantitative estimate of drug-likeness (QED) is 0.841. The summed E-state index contributed by atoms with van der Waals surface area (Å²) in [7, 11) is -3.87. The van der Waals surface area contributed by atoms with Crippen LogP contribution in [0.3, 0.4) is 0 Å². The van der Waals surface area contributed by atoms with Crippen molar-refractivity contribution in [2.75, 3.05) is 6.61 Å². The van der Waals surface area contributed by atoms with E-state index in [4.69, 9.17) is 21.7 Å². The van der Waals surface area contributed by atoms with E-state index in [0.29, 0.717) is 0 Å². The predicted octanol–water partition coefficient (Wildman–Crippen LogP) is 2.08. The van der Waals surface area contributed by atoms with E-state index in [1.54, 1.807) is 0 Å². The normalized spacial score (nSPS) is 11.5. The van der Waals surface area contributed by atoms with Gasteiger partial charge in [0.05, 0.1) is 23.3 Å². The van der Waals surface area contributed by atoms with Gasteiger partial charge in [0.1, 0.15) is 4.90 Å². The van der Waals surface area contributed by atoms with Gasteiger partial charge in [0.15, 0.2) is 0 Å². The highest BCUT2D eigenvalue weighted by atomic mass is 35.5. The third-order valence-corrected chi connectivity index (χ3v) is 3.63. The molecule has 0 heterocycles. The largest absolute Gasteiger partial charge is 0.287 e. The molecule has 0 atom stereocenters. The lowest BCUT2D eigenvalue weighted by Crippen LogP contribution is -2.26. The number of benzene rings is 1. The first kappa shape index (κ1) is 14.9. The second-order valence-corrected chi connectivity index (χ2v) is 6.07. The number of hydrogen-bond donors (Lipinski definition) is 1. The Morgan fingerprint density at radius 1 is 1.50 bits per heavy atom. The highest BCUT2D eigenvalue weighted by molar-refractivity contribution is 7.89. The SMILES string of the molecule is CC(C)CONS(=O)(=O)c1cc(C#N)ccc1Cl. The minimum Gasteiger partial charge on any atom is -0.287 e. The van der Waals surface area contributed by atoms with Gasteiger partial charge in [-0.15, -0.1) is 0 Å². The van der Waals surface area contributed by atoms with E-state index in [-0.39, 0.29) is 28.0 Å². The zero-order valence-electron chi connectivity index (χ0n) is 9.97. The van der Waals surface area contributed by atoms with Gasteiger partial charge < -0.3 is 0 Å². The average molecular weight is 289 g/mol. The smallest absolute Gasteiger partial charge is 0.263 e. The maximum Gasteiger partial charge on any atom is 0.263 e. The van der Waals surface area contributed by atoms with Crippen LogP contribution in [0, 0.1) is 17.2 Å². The van der Waals surface area contributed by atoms with Crippen LogP contribution in [-0.4, -0.2) is 15.0 Å². The average Bonchev–Trinajstić information content (AvgIpc) is 2.28. The summed E-state index contributed by atoms with van der Waals surface area (Å²) in [5.41, 5.74) is 0.212. The molecule has 1 N–H and O–H groups in total. The Hall–Kier alpha value is -1.13. The van der Waals surface area contributed by atoms with Gasteiger partial charge in [0.25, 0.3) is 10.0 Å². The molecule has 0 radical (unpaired) electrons. The first-order valence-corrected chi connectivity index (χ1v) is 7.06. The number of nitrogens with zero attached hydrogens (tertiary/aromatic N) is 1. The Bertz CT molecular complexity index is 564. The number of sulfonamides is 1. The monoisotopic (exact) mass is 288 g/mol. The van der Waals surface area contributed by atoms with E-state index < -0.39 is 10.0 Å². The maximum atomic E-state index is 11.9. The van der Waals surface area contributed by atoms with Gasteiger partial charge >= 0.3 is 0 Å². The summed E-state index contributed by atoms with van der Waals surface area (Å²) in [6.45, 7) is 4.02. The molecule has 0 fully saturated rings. The Balaban J connectivity index is 2.95. The van der Waals surface area contributed by atoms with Crippen LogP contribution >= 0.6 is 11.6 Å². The van der Waals surface area contributed by atoms with Crippen LogP contribution in [-0.2, 0) is 14.9 Å². The molecule has 5 nitrogen and oxygen atoms in total. The van der Waals surface area contributed by atoms with Crippen LogP contribution in [0.1, 0.15) is 19.4 Å². The van der Waals surface area contributed by atoms with Crippen LogP contribution in [0.4, 0.5) is 0 Å². The minimum atomic E-state index is -3.87. The lowest BCUT2D eigenvalue weighted by atomic mass is 10.2. The summed E-state index contributed by atoms with van der Waals surface area (Å²) in [6.07, 6.45) is 0. The van der Waals surface area contributed by atoms with Gasteiger partial charge in [-0.25, -0.2) is 8.42 Å². The number of halogens is 1. The number of rotatable bonds is 5. The van der Waals surface area contributed by atoms with Gasteiger partial charge in [0, 0.05) is 0 Å². The van der Waals surface area contributed by atoms with Crippen molar-refractivity contribution in [1.82, 2.24) is 4.89 Å². The van der Waals surface area contributed by atoms with Crippen LogP contribution in [0.2, 0.25) is 5.02 Å². The zero-order chi connectivity index (χ0) is 13.8. The number of nitriles is 1. The van der Waals surface area contributed by atoms with Gasteiger partial charge in [-0.1, -0.05) is 30.3 Å². The third-order valence-electron chi connectivity index (χ3n) is 1.94. The van der Waals surface area contributed by atoms with Gasteiger partial charge in [-0.2, -0.15) is 5.26 Å². The molecule has 0 amide bonds. The second-order valence-electron chi connectivity index (χ2n) is 4.05. The lowest BCUT2D eigenvalue weighted by molar-refractivity contribution is 0.0719. The molecule has 0 aliphatic heterocycles. The van der Waals surface area contributed by atoms with E-state index in [0.717, 1.165) is 0 Å². The van der Waals surface area contributed by atoms with Crippen molar-refractivity contribution in [3.8, 4) is 6.07 Å². The predicted molar refractivity (Wildman–Crippen MR) is 67.3 cm³/mol. The molecule has 1 aromatic rings. The fourth-order valence-electron chi connectivity index (χ4n) is 1.10. The molecule has 0 aliphatic rings.